The van der Waals surface area contributed by atoms with Gasteiger partial charge in [0, 0.05) is 16.8 Å². The number of aliphatic hydroxyl groups excluding tert-OH is 1. The van der Waals surface area contributed by atoms with E-state index in [1.54, 1.807) is 0 Å². The van der Waals surface area contributed by atoms with Gasteiger partial charge < -0.3 is 9.84 Å². The average Bonchev–Trinajstić information content (AvgIpc) is 1.63. The predicted octanol–water partition coefficient (Wildman–Crippen LogP) is -0.546. The van der Waals surface area contributed by atoms with Crippen LogP contribution in [0.25, 0.3) is 0 Å². The van der Waals surface area contributed by atoms with Crippen LogP contribution in [0.2, 0.25) is 0 Å². The third-order valence-electron chi connectivity index (χ3n) is 0.642. The minimum atomic E-state index is -0.752. The van der Waals surface area contributed by atoms with Crippen LogP contribution >= 0.6 is 0 Å². The monoisotopic (exact) mass is 191 g/mol. The Balaban J connectivity index is 0. The number of hydrogen-bond acceptors (Lipinski definition) is 4. The van der Waals surface area contributed by atoms with E-state index in [1.807, 2.05) is 0 Å². The summed E-state index contributed by atoms with van der Waals surface area (Å²) in [6.45, 7) is 1.48. The van der Waals surface area contributed by atoms with Gasteiger partial charge in [-0.2, -0.15) is 0 Å². The fraction of sp³-hybridized carbons (Fsp3) is 0.600. The van der Waals surface area contributed by atoms with E-state index in [4.69, 9.17) is 5.11 Å². The number of hydrogen-bond donors (Lipinski definition) is 1. The summed E-state index contributed by atoms with van der Waals surface area (Å²) < 4.78 is 3.87. The molecule has 1 atom stereocenters. The number of rotatable bonds is 3. The summed E-state index contributed by atoms with van der Waals surface area (Å²) in [6, 6.07) is 0. The molecule has 0 fully saturated rings. The molecule has 0 spiro atoms. The van der Waals surface area contributed by atoms with Crippen molar-refractivity contribution in [1.82, 2.24) is 0 Å². The fourth-order valence-electron chi connectivity index (χ4n) is 0.343. The maximum absolute atomic E-state index is 10.2. The molecule has 0 bridgehead atoms. The first-order valence-electron chi connectivity index (χ1n) is 2.48. The van der Waals surface area contributed by atoms with Gasteiger partial charge in [0.25, 0.3) is 0 Å². The zero-order valence-electron chi connectivity index (χ0n) is 5.37. The van der Waals surface area contributed by atoms with Crippen LogP contribution in [0.4, 0.5) is 0 Å². The minimum absolute atomic E-state index is 0. The van der Waals surface area contributed by atoms with Gasteiger partial charge in [-0.15, -0.1) is 0 Å². The summed E-state index contributed by atoms with van der Waals surface area (Å²) in [6.07, 6.45) is -0.893. The molecule has 10 heavy (non-hydrogen) atoms. The normalized spacial score (nSPS) is 11.0. The predicted molar refractivity (Wildman–Crippen MR) is 28.5 cm³/mol. The third-order valence-corrected chi connectivity index (χ3v) is 0.642. The van der Waals surface area contributed by atoms with Crippen molar-refractivity contribution in [2.45, 2.75) is 19.4 Å². The van der Waals surface area contributed by atoms with Crippen LogP contribution in [0, 0.1) is 0 Å². The van der Waals surface area contributed by atoms with Gasteiger partial charge in [0.15, 0.2) is 0 Å². The first kappa shape index (κ1) is 12.3. The standard InChI is InChI=1S/C5H8O4.Co/c1-4(7)2-5(8)9-3-6;/h3-4,7H,2H2,1H3;. The van der Waals surface area contributed by atoms with Gasteiger partial charge in [-0.1, -0.05) is 0 Å². The molecule has 5 heteroatoms. The first-order chi connectivity index (χ1) is 4.16. The molecule has 0 aliphatic heterocycles. The molecule has 0 aromatic rings. The fourth-order valence-corrected chi connectivity index (χ4v) is 0.343. The smallest absolute Gasteiger partial charge is 0.315 e. The molecule has 1 N–H and O–H groups in total. The van der Waals surface area contributed by atoms with E-state index in [-0.39, 0.29) is 29.7 Å². The third kappa shape index (κ3) is 7.61. The summed E-state index contributed by atoms with van der Waals surface area (Å²) in [5.74, 6) is -0.708. The van der Waals surface area contributed by atoms with E-state index in [0.717, 1.165) is 0 Å². The molecule has 0 aliphatic rings. The van der Waals surface area contributed by atoms with Gasteiger partial charge in [-0.3, -0.25) is 9.59 Å². The van der Waals surface area contributed by atoms with E-state index in [2.05, 4.69) is 4.74 Å². The van der Waals surface area contributed by atoms with Gasteiger partial charge in [0.05, 0.1) is 12.5 Å². The van der Waals surface area contributed by atoms with Crippen LogP contribution in [0.1, 0.15) is 13.3 Å². The van der Waals surface area contributed by atoms with Crippen molar-refractivity contribution in [3.63, 3.8) is 0 Å². The maximum Gasteiger partial charge on any atom is 0.315 e. The molecule has 61 valence electrons. The van der Waals surface area contributed by atoms with E-state index >= 15 is 0 Å². The summed E-state index contributed by atoms with van der Waals surface area (Å²) in [5.41, 5.74) is 0. The molecule has 0 saturated carbocycles. The molecule has 0 amide bonds. The summed E-state index contributed by atoms with van der Waals surface area (Å²) >= 11 is 0. The Morgan fingerprint density at radius 2 is 2.30 bits per heavy atom. The molecule has 0 heterocycles. The van der Waals surface area contributed by atoms with Crippen LogP contribution in [0.5, 0.6) is 0 Å². The van der Waals surface area contributed by atoms with Crippen molar-refractivity contribution in [1.29, 1.82) is 0 Å². The molecule has 0 saturated heterocycles. The Morgan fingerprint density at radius 3 is 2.60 bits per heavy atom. The zero-order valence-corrected chi connectivity index (χ0v) is 6.41. The van der Waals surface area contributed by atoms with Crippen molar-refractivity contribution >= 4 is 12.4 Å². The molecule has 0 aromatic heterocycles. The molecule has 0 rings (SSSR count). The minimum Gasteiger partial charge on any atom is -0.395 e. The molecule has 1 unspecified atom stereocenters. The van der Waals surface area contributed by atoms with Gasteiger partial charge in [0.1, 0.15) is 0 Å². The van der Waals surface area contributed by atoms with Crippen molar-refractivity contribution in [2.24, 2.45) is 0 Å². The van der Waals surface area contributed by atoms with E-state index in [0.29, 0.717) is 0 Å². The van der Waals surface area contributed by atoms with Gasteiger partial charge in [-0.05, 0) is 6.92 Å². The van der Waals surface area contributed by atoms with Gasteiger partial charge >= 0.3 is 12.4 Å². The van der Waals surface area contributed by atoms with E-state index in [9.17, 15) is 9.59 Å². The molecule has 1 radical (unpaired) electrons. The second kappa shape index (κ2) is 6.72. The summed E-state index contributed by atoms with van der Waals surface area (Å²) in [5, 5.41) is 8.53. The Morgan fingerprint density at radius 1 is 1.80 bits per heavy atom. The van der Waals surface area contributed by atoms with Crippen LogP contribution in [0.3, 0.4) is 0 Å². The average molecular weight is 191 g/mol. The number of ether oxygens (including phenoxy) is 1. The number of carbonyl (C=O) groups is 2. The van der Waals surface area contributed by atoms with Gasteiger partial charge in [-0.25, -0.2) is 0 Å². The Labute approximate surface area is 68.7 Å². The molecule has 4 nitrogen and oxygen atoms in total. The molecular formula is C5H8CoO4. The van der Waals surface area contributed by atoms with Crippen molar-refractivity contribution < 1.29 is 36.2 Å². The van der Waals surface area contributed by atoms with Gasteiger partial charge in [0.2, 0.25) is 0 Å². The molecular weight excluding hydrogens is 183 g/mol. The Bertz CT molecular complexity index is 112. The maximum atomic E-state index is 10.2. The SMILES string of the molecule is CC(O)CC(=O)OC=O.[Co]. The molecule has 0 aliphatic carbocycles. The van der Waals surface area contributed by atoms with Crippen molar-refractivity contribution in [2.75, 3.05) is 0 Å². The summed E-state index contributed by atoms with van der Waals surface area (Å²) in [7, 11) is 0. The Kier molecular flexibility index (Phi) is 8.27. The second-order valence-corrected chi connectivity index (χ2v) is 1.64. The van der Waals surface area contributed by atoms with Crippen LogP contribution in [-0.4, -0.2) is 23.7 Å². The van der Waals surface area contributed by atoms with Crippen LogP contribution < -0.4 is 0 Å². The molecule has 0 aromatic carbocycles. The van der Waals surface area contributed by atoms with Crippen molar-refractivity contribution in [3.8, 4) is 0 Å². The zero-order chi connectivity index (χ0) is 7.28. The first-order valence-corrected chi connectivity index (χ1v) is 2.48. The number of aliphatic hydroxyl groups is 1. The largest absolute Gasteiger partial charge is 0.395 e. The topological polar surface area (TPSA) is 63.6 Å². The Hall–Kier alpha value is -0.394. The quantitative estimate of drug-likeness (QED) is 0.369. The summed E-state index contributed by atoms with van der Waals surface area (Å²) in [4.78, 5) is 19.7. The second-order valence-electron chi connectivity index (χ2n) is 1.64. The van der Waals surface area contributed by atoms with Crippen LogP contribution in [-0.2, 0) is 31.1 Å². The number of esters is 1. The van der Waals surface area contributed by atoms with Crippen LogP contribution in [0.15, 0.2) is 0 Å². The van der Waals surface area contributed by atoms with E-state index in [1.165, 1.54) is 6.92 Å². The van der Waals surface area contributed by atoms with E-state index < -0.39 is 12.1 Å². The van der Waals surface area contributed by atoms with Crippen molar-refractivity contribution in [3.05, 3.63) is 0 Å². The number of carbonyl (C=O) groups excluding carboxylic acids is 2.